The van der Waals surface area contributed by atoms with Crippen molar-refractivity contribution in [3.05, 3.63) is 182 Å². The molecule has 0 N–H and O–H groups in total. The lowest BCUT2D eigenvalue weighted by Gasteiger charge is -2.41. The summed E-state index contributed by atoms with van der Waals surface area (Å²) < 4.78 is 9.11. The number of aromatic nitrogens is 2. The lowest BCUT2D eigenvalue weighted by atomic mass is 10.1. The van der Waals surface area contributed by atoms with Gasteiger partial charge in [0.15, 0.2) is 8.07 Å². The zero-order valence-electron chi connectivity index (χ0n) is 29.2. The molecule has 54 heavy (non-hydrogen) atoms. The maximum Gasteiger partial charge on any atom is 0.185 e. The largest absolute Gasteiger partial charge is 0.457 e. The van der Waals surface area contributed by atoms with Crippen molar-refractivity contribution in [3.8, 4) is 28.4 Å². The molecule has 9 aromatic rings. The Morgan fingerprint density at radius 3 is 1.98 bits per heavy atom. The lowest BCUT2D eigenvalue weighted by molar-refractivity contribution is 0.483. The van der Waals surface area contributed by atoms with Crippen molar-refractivity contribution < 1.29 is 4.74 Å². The molecule has 2 aromatic heterocycles. The van der Waals surface area contributed by atoms with E-state index in [1.165, 1.54) is 65.4 Å². The molecule has 0 unspecified atom stereocenters. The molecule has 0 aliphatic carbocycles. The number of fused-ring (bicyclic) bond motifs is 12. The third kappa shape index (κ3) is 3.89. The van der Waals surface area contributed by atoms with Crippen LogP contribution in [0, 0.1) is 0 Å². The molecule has 5 nitrogen and oxygen atoms in total. The van der Waals surface area contributed by atoms with Crippen molar-refractivity contribution in [2.24, 2.45) is 0 Å². The molecular formula is C48H32N4OSi. The molecule has 1 spiro atoms. The van der Waals surface area contributed by atoms with Gasteiger partial charge in [-0.1, -0.05) is 109 Å². The second kappa shape index (κ2) is 11.1. The van der Waals surface area contributed by atoms with Crippen LogP contribution in [0.5, 0.6) is 11.5 Å². The highest BCUT2D eigenvalue weighted by molar-refractivity contribution is 7.23. The minimum Gasteiger partial charge on any atom is -0.457 e. The molecule has 3 aliphatic heterocycles. The summed E-state index contributed by atoms with van der Waals surface area (Å²) in [6.45, 7) is 0.719. The van der Waals surface area contributed by atoms with Gasteiger partial charge in [0.05, 0.1) is 22.4 Å². The first-order chi connectivity index (χ1) is 26.8. The summed E-state index contributed by atoms with van der Waals surface area (Å²) in [5.41, 5.74) is 9.85. The highest BCUT2D eigenvalue weighted by atomic mass is 28.3. The highest BCUT2D eigenvalue weighted by Crippen LogP contribution is 2.48. The Balaban J connectivity index is 1.07. The SMILES string of the molecule is c1ccc(N2CN3c4cc(Oc5ccc6c7ccccc7n(-c7ccccn7)c6c5)ccc4[Si]4(c5ccccc5-c5ccccc54)c4cccc2c43)cc1. The quantitative estimate of drug-likeness (QED) is 0.171. The number of anilines is 4. The van der Waals surface area contributed by atoms with Gasteiger partial charge in [0.25, 0.3) is 0 Å². The van der Waals surface area contributed by atoms with Gasteiger partial charge >= 0.3 is 0 Å². The van der Waals surface area contributed by atoms with Crippen LogP contribution >= 0.6 is 0 Å². The van der Waals surface area contributed by atoms with Gasteiger partial charge in [-0.3, -0.25) is 4.57 Å². The van der Waals surface area contributed by atoms with E-state index in [1.807, 2.05) is 18.3 Å². The number of hydrogen-bond acceptors (Lipinski definition) is 4. The molecule has 254 valence electrons. The molecule has 6 heteroatoms. The molecule has 12 rings (SSSR count). The van der Waals surface area contributed by atoms with Gasteiger partial charge in [0.1, 0.15) is 24.0 Å². The second-order valence-electron chi connectivity index (χ2n) is 14.3. The van der Waals surface area contributed by atoms with Crippen LogP contribution in [0.2, 0.25) is 0 Å². The van der Waals surface area contributed by atoms with Gasteiger partial charge in [-0.15, -0.1) is 0 Å². The summed E-state index contributed by atoms with van der Waals surface area (Å²) in [6, 6.07) is 63.9. The molecule has 0 radical (unpaired) electrons. The van der Waals surface area contributed by atoms with Crippen LogP contribution in [0.25, 0.3) is 38.8 Å². The van der Waals surface area contributed by atoms with Crippen LogP contribution < -0.4 is 35.3 Å². The molecule has 0 saturated carbocycles. The molecule has 5 heterocycles. The van der Waals surface area contributed by atoms with E-state index in [9.17, 15) is 0 Å². The van der Waals surface area contributed by atoms with Crippen molar-refractivity contribution in [2.75, 3.05) is 16.5 Å². The number of pyridine rings is 1. The summed E-state index contributed by atoms with van der Waals surface area (Å²) in [6.07, 6.45) is 1.85. The van der Waals surface area contributed by atoms with Crippen molar-refractivity contribution in [1.82, 2.24) is 9.55 Å². The summed E-state index contributed by atoms with van der Waals surface area (Å²) >= 11 is 0. The summed E-state index contributed by atoms with van der Waals surface area (Å²) in [4.78, 5) is 9.73. The van der Waals surface area contributed by atoms with Crippen LogP contribution in [-0.2, 0) is 0 Å². The first-order valence-electron chi connectivity index (χ1n) is 18.5. The second-order valence-corrected chi connectivity index (χ2v) is 18.0. The van der Waals surface area contributed by atoms with E-state index in [1.54, 1.807) is 0 Å². The number of nitrogens with zero attached hydrogens (tertiary/aromatic N) is 4. The standard InChI is InChI=1S/C48H32N4OSi/c1-2-13-32(14-3-1)50-31-51-42-30-34(53-33-24-26-36-35-15-4-7-18-39(35)52(41(36)29-33)47-23-10-11-28-49-47)25-27-45(42)54(46-22-12-19-40(50)48(46)51)43-20-8-5-16-37(43)38-17-6-9-21-44(38)54/h1-30H,31H2. The normalized spacial score (nSPS) is 14.3. The fraction of sp³-hybridized carbons (Fsp3) is 0.0208. The lowest BCUT2D eigenvalue weighted by Crippen LogP contribution is -2.75. The van der Waals surface area contributed by atoms with E-state index in [-0.39, 0.29) is 0 Å². The Morgan fingerprint density at radius 1 is 0.481 bits per heavy atom. The van der Waals surface area contributed by atoms with Gasteiger partial charge in [-0.05, 0) is 86.5 Å². The average molecular weight is 709 g/mol. The summed E-state index contributed by atoms with van der Waals surface area (Å²) in [5, 5.41) is 8.13. The molecule has 3 aliphatic rings. The predicted molar refractivity (Wildman–Crippen MR) is 223 cm³/mol. The van der Waals surface area contributed by atoms with Crippen molar-refractivity contribution in [1.29, 1.82) is 0 Å². The molecular weight excluding hydrogens is 677 g/mol. The summed E-state index contributed by atoms with van der Waals surface area (Å²) in [5.74, 6) is 2.49. The maximum atomic E-state index is 6.88. The molecule has 7 aromatic carbocycles. The zero-order valence-corrected chi connectivity index (χ0v) is 30.2. The summed E-state index contributed by atoms with van der Waals surface area (Å²) in [7, 11) is -2.72. The van der Waals surface area contributed by atoms with E-state index < -0.39 is 8.07 Å². The number of ether oxygens (including phenoxy) is 1. The van der Waals surface area contributed by atoms with Crippen molar-refractivity contribution in [2.45, 2.75) is 0 Å². The van der Waals surface area contributed by atoms with E-state index in [0.717, 1.165) is 35.0 Å². The van der Waals surface area contributed by atoms with Crippen LogP contribution in [0.4, 0.5) is 22.7 Å². The fourth-order valence-electron chi connectivity index (χ4n) is 9.61. The van der Waals surface area contributed by atoms with Crippen LogP contribution in [0.3, 0.4) is 0 Å². The first kappa shape index (κ1) is 29.7. The third-order valence-corrected chi connectivity index (χ3v) is 16.6. The van der Waals surface area contributed by atoms with E-state index in [4.69, 9.17) is 9.72 Å². The number of benzene rings is 7. The Labute approximate surface area is 313 Å². The Hall–Kier alpha value is -6.89. The third-order valence-electron chi connectivity index (χ3n) is 11.7. The fourth-order valence-corrected chi connectivity index (χ4v) is 15.2. The smallest absolute Gasteiger partial charge is 0.185 e. The van der Waals surface area contributed by atoms with E-state index in [2.05, 4.69) is 178 Å². The van der Waals surface area contributed by atoms with Crippen molar-refractivity contribution in [3.63, 3.8) is 0 Å². The number of rotatable bonds is 4. The van der Waals surface area contributed by atoms with Gasteiger partial charge in [-0.25, -0.2) is 4.98 Å². The Bertz CT molecular complexity index is 2930. The highest BCUT2D eigenvalue weighted by Gasteiger charge is 2.55. The van der Waals surface area contributed by atoms with Gasteiger partial charge < -0.3 is 14.5 Å². The van der Waals surface area contributed by atoms with E-state index >= 15 is 0 Å². The molecule has 0 atom stereocenters. The Morgan fingerprint density at radius 2 is 1.17 bits per heavy atom. The number of para-hydroxylation sites is 3. The van der Waals surface area contributed by atoms with Crippen LogP contribution in [-0.4, -0.2) is 24.3 Å². The van der Waals surface area contributed by atoms with Crippen LogP contribution in [0.15, 0.2) is 182 Å². The molecule has 0 fully saturated rings. The number of hydrogen-bond donors (Lipinski definition) is 0. The molecule has 0 bridgehead atoms. The minimum atomic E-state index is -2.72. The zero-order chi connectivity index (χ0) is 35.4. The average Bonchev–Trinajstić information content (AvgIpc) is 3.88. The molecule has 0 amide bonds. The predicted octanol–water partition coefficient (Wildman–Crippen LogP) is 8.89. The first-order valence-corrected chi connectivity index (χ1v) is 20.5. The molecule has 0 saturated heterocycles. The van der Waals surface area contributed by atoms with Crippen LogP contribution in [0.1, 0.15) is 0 Å². The van der Waals surface area contributed by atoms with Gasteiger partial charge in [0.2, 0.25) is 0 Å². The van der Waals surface area contributed by atoms with Crippen molar-refractivity contribution >= 4 is 73.4 Å². The monoisotopic (exact) mass is 708 g/mol. The van der Waals surface area contributed by atoms with Gasteiger partial charge in [-0.2, -0.15) is 0 Å². The van der Waals surface area contributed by atoms with E-state index in [0.29, 0.717) is 0 Å². The Kier molecular flexibility index (Phi) is 6.07. The maximum absolute atomic E-state index is 6.88. The van der Waals surface area contributed by atoms with Gasteiger partial charge in [0, 0.05) is 40.5 Å². The minimum absolute atomic E-state index is 0.719. The topological polar surface area (TPSA) is 33.5 Å².